The second-order valence-electron chi connectivity index (χ2n) is 15.5. The summed E-state index contributed by atoms with van der Waals surface area (Å²) < 4.78 is 4.79. The Hall–Kier alpha value is -4.97. The summed E-state index contributed by atoms with van der Waals surface area (Å²) in [6.45, 7) is 12.7. The lowest BCUT2D eigenvalue weighted by molar-refractivity contribution is -0.129. The van der Waals surface area contributed by atoms with Crippen molar-refractivity contribution in [1.82, 2.24) is 30.7 Å². The molecule has 6 atom stereocenters. The lowest BCUT2D eigenvalue weighted by Gasteiger charge is -2.35. The maximum Gasteiger partial charge on any atom is 0.407 e. The van der Waals surface area contributed by atoms with Crippen LogP contribution < -0.4 is 16.0 Å². The van der Waals surface area contributed by atoms with Gasteiger partial charge in [-0.05, 0) is 60.3 Å². The van der Waals surface area contributed by atoms with Crippen molar-refractivity contribution in [1.29, 1.82) is 0 Å². The number of urea groups is 1. The van der Waals surface area contributed by atoms with Crippen LogP contribution in [0.5, 0.6) is 0 Å². The van der Waals surface area contributed by atoms with Gasteiger partial charge in [-0.15, -0.1) is 0 Å². The minimum atomic E-state index is -1.10. The van der Waals surface area contributed by atoms with Crippen molar-refractivity contribution in [3.05, 3.63) is 101 Å². The lowest BCUT2D eigenvalue weighted by atomic mass is 9.85. The fourth-order valence-electron chi connectivity index (χ4n) is 6.85. The van der Waals surface area contributed by atoms with Crippen molar-refractivity contribution in [3.8, 4) is 0 Å². The number of alkyl carbamates (subject to hydrolysis) is 1. The van der Waals surface area contributed by atoms with Gasteiger partial charge in [0.05, 0.1) is 19.3 Å². The van der Waals surface area contributed by atoms with Crippen LogP contribution in [-0.4, -0.2) is 94.3 Å². The van der Waals surface area contributed by atoms with Crippen molar-refractivity contribution in [3.63, 3.8) is 0 Å². The Labute approximate surface area is 320 Å². The van der Waals surface area contributed by atoms with Crippen LogP contribution >= 0.6 is 0 Å². The summed E-state index contributed by atoms with van der Waals surface area (Å²) in [5, 5.41) is 20.9. The molecule has 12 nitrogen and oxygen atoms in total. The Kier molecular flexibility index (Phi) is 15.0. The highest BCUT2D eigenvalue weighted by Crippen LogP contribution is 2.24. The zero-order valence-electron chi connectivity index (χ0n) is 32.7. The SMILES string of the molecule is CCC(C)[C@@H](C(=O)N[C@@H](Cc1ccccc1)C[C@H](O)[C@H](Cc1ccccc1)NC(=O)[C@@H](NC(=O)OC)C(C)(C)C)N1CCN(Cc2ccc(C)nc2)C1=O. The number of aromatic nitrogens is 1. The average molecular weight is 743 g/mol. The summed E-state index contributed by atoms with van der Waals surface area (Å²) in [6.07, 6.45) is 1.44. The number of methoxy groups -OCH3 is 1. The topological polar surface area (TPSA) is 153 Å². The van der Waals surface area contributed by atoms with Gasteiger partial charge in [0.2, 0.25) is 11.8 Å². The number of amides is 5. The third-order valence-corrected chi connectivity index (χ3v) is 10.1. The van der Waals surface area contributed by atoms with Crippen LogP contribution in [0.15, 0.2) is 79.0 Å². The molecule has 2 aromatic carbocycles. The van der Waals surface area contributed by atoms with Crippen molar-refractivity contribution in [2.24, 2.45) is 11.3 Å². The molecule has 1 aliphatic heterocycles. The predicted octanol–water partition coefficient (Wildman–Crippen LogP) is 5.02. The first-order chi connectivity index (χ1) is 25.7. The first kappa shape index (κ1) is 41.8. The molecule has 1 fully saturated rings. The number of aryl methyl sites for hydroxylation is 1. The van der Waals surface area contributed by atoms with Gasteiger partial charge in [0, 0.05) is 37.6 Å². The smallest absolute Gasteiger partial charge is 0.407 e. The summed E-state index contributed by atoms with van der Waals surface area (Å²) in [4.78, 5) is 62.0. The number of nitrogens with zero attached hydrogens (tertiary/aromatic N) is 3. The fraction of sp³-hybridized carbons (Fsp3) is 0.500. The molecule has 1 saturated heterocycles. The fourth-order valence-corrected chi connectivity index (χ4v) is 6.85. The number of hydrogen-bond acceptors (Lipinski definition) is 7. The number of aliphatic hydroxyl groups is 1. The van der Waals surface area contributed by atoms with Gasteiger partial charge in [-0.3, -0.25) is 14.6 Å². The summed E-state index contributed by atoms with van der Waals surface area (Å²) in [7, 11) is 1.24. The molecule has 4 rings (SSSR count). The molecular weight excluding hydrogens is 684 g/mol. The van der Waals surface area contributed by atoms with Crippen molar-refractivity contribution < 1.29 is 29.0 Å². The molecule has 2 heterocycles. The number of carbonyl (C=O) groups excluding carboxylic acids is 4. The van der Waals surface area contributed by atoms with E-state index in [4.69, 9.17) is 4.74 Å². The first-order valence-electron chi connectivity index (χ1n) is 18.9. The van der Waals surface area contributed by atoms with Gasteiger partial charge in [0.25, 0.3) is 0 Å². The number of carbonyl (C=O) groups is 4. The van der Waals surface area contributed by atoms with E-state index < -0.39 is 47.7 Å². The molecule has 5 amide bonds. The molecule has 0 saturated carbocycles. The van der Waals surface area contributed by atoms with Crippen LogP contribution in [0.1, 0.15) is 69.8 Å². The predicted molar refractivity (Wildman–Crippen MR) is 208 cm³/mol. The van der Waals surface area contributed by atoms with Crippen LogP contribution in [0.3, 0.4) is 0 Å². The van der Waals surface area contributed by atoms with Gasteiger partial charge in [-0.25, -0.2) is 9.59 Å². The molecule has 0 aliphatic carbocycles. The van der Waals surface area contributed by atoms with E-state index in [1.165, 1.54) is 7.11 Å². The Balaban J connectivity index is 1.58. The van der Waals surface area contributed by atoms with Crippen molar-refractivity contribution in [2.45, 2.75) is 104 Å². The van der Waals surface area contributed by atoms with Gasteiger partial charge >= 0.3 is 12.1 Å². The molecule has 292 valence electrons. The normalized spacial score (nSPS) is 16.5. The Morgan fingerprint density at radius 3 is 2.06 bits per heavy atom. The minimum absolute atomic E-state index is 0.108. The van der Waals surface area contributed by atoms with E-state index in [2.05, 4.69) is 20.9 Å². The standard InChI is InChI=1S/C42H58N6O6/c1-8-28(2)36(48-22-21-47(41(48)53)27-32-20-19-29(3)43-26-32)38(50)44-33(23-30-15-11-9-12-16-30)25-35(49)34(24-31-17-13-10-14-18-31)45-39(51)37(42(4,5)6)46-40(52)54-7/h9-20,26,28,33-37,49H,8,21-25,27H2,1-7H3,(H,44,50)(H,45,51)(H,46,52)/t28?,33-,34-,35-,36-,37+/m0/s1. The average Bonchev–Trinajstić information content (AvgIpc) is 3.49. The summed E-state index contributed by atoms with van der Waals surface area (Å²) in [5.41, 5.74) is 3.01. The van der Waals surface area contributed by atoms with Gasteiger partial charge < -0.3 is 35.6 Å². The second kappa shape index (κ2) is 19.4. The molecule has 0 spiro atoms. The Bertz CT molecular complexity index is 1670. The van der Waals surface area contributed by atoms with Gasteiger partial charge in [0.1, 0.15) is 12.1 Å². The molecule has 4 N–H and O–H groups in total. The van der Waals surface area contributed by atoms with E-state index in [9.17, 15) is 24.3 Å². The molecule has 1 aromatic heterocycles. The minimum Gasteiger partial charge on any atom is -0.453 e. The zero-order valence-corrected chi connectivity index (χ0v) is 32.7. The van der Waals surface area contributed by atoms with Crippen LogP contribution in [-0.2, 0) is 33.7 Å². The van der Waals surface area contributed by atoms with E-state index in [0.29, 0.717) is 38.9 Å². The highest BCUT2D eigenvalue weighted by atomic mass is 16.5. The zero-order chi connectivity index (χ0) is 39.4. The van der Waals surface area contributed by atoms with E-state index in [1.807, 2.05) is 114 Å². The lowest BCUT2D eigenvalue weighted by Crippen LogP contribution is -2.58. The van der Waals surface area contributed by atoms with Gasteiger partial charge in [-0.2, -0.15) is 0 Å². The number of hydrogen-bond donors (Lipinski definition) is 4. The molecule has 12 heteroatoms. The number of ether oxygens (including phenoxy) is 1. The monoisotopic (exact) mass is 742 g/mol. The van der Waals surface area contributed by atoms with Crippen LogP contribution in [0.4, 0.5) is 9.59 Å². The van der Waals surface area contributed by atoms with E-state index >= 15 is 0 Å². The number of rotatable bonds is 17. The van der Waals surface area contributed by atoms with Gasteiger partial charge in [-0.1, -0.05) is 108 Å². The third-order valence-electron chi connectivity index (χ3n) is 10.1. The Morgan fingerprint density at radius 1 is 0.870 bits per heavy atom. The number of nitrogens with one attached hydrogen (secondary N) is 3. The largest absolute Gasteiger partial charge is 0.453 e. The molecule has 3 aromatic rings. The van der Waals surface area contributed by atoms with Crippen molar-refractivity contribution in [2.75, 3.05) is 20.2 Å². The van der Waals surface area contributed by atoms with Crippen LogP contribution in [0, 0.1) is 18.3 Å². The molecular formula is C42H58N6O6. The quantitative estimate of drug-likeness (QED) is 0.152. The van der Waals surface area contributed by atoms with E-state index in [-0.39, 0.29) is 24.3 Å². The van der Waals surface area contributed by atoms with Crippen molar-refractivity contribution >= 4 is 23.9 Å². The number of pyridine rings is 1. The first-order valence-corrected chi connectivity index (χ1v) is 18.9. The summed E-state index contributed by atoms with van der Waals surface area (Å²) in [5.74, 6) is -0.894. The second-order valence-corrected chi connectivity index (χ2v) is 15.5. The molecule has 54 heavy (non-hydrogen) atoms. The molecule has 0 radical (unpaired) electrons. The van der Waals surface area contributed by atoms with E-state index in [1.54, 1.807) is 16.0 Å². The van der Waals surface area contributed by atoms with Crippen LogP contribution in [0.25, 0.3) is 0 Å². The van der Waals surface area contributed by atoms with Crippen LogP contribution in [0.2, 0.25) is 0 Å². The molecule has 1 unspecified atom stereocenters. The molecule has 1 aliphatic rings. The van der Waals surface area contributed by atoms with Gasteiger partial charge in [0.15, 0.2) is 0 Å². The highest BCUT2D eigenvalue weighted by molar-refractivity contribution is 5.88. The highest BCUT2D eigenvalue weighted by Gasteiger charge is 2.41. The maximum absolute atomic E-state index is 14.4. The summed E-state index contributed by atoms with van der Waals surface area (Å²) >= 11 is 0. The Morgan fingerprint density at radius 2 is 1.50 bits per heavy atom. The van der Waals surface area contributed by atoms with E-state index in [0.717, 1.165) is 22.4 Å². The third kappa shape index (κ3) is 11.8. The number of benzene rings is 2. The number of aliphatic hydroxyl groups excluding tert-OH is 1. The maximum atomic E-state index is 14.4. The molecule has 0 bridgehead atoms. The summed E-state index contributed by atoms with van der Waals surface area (Å²) in [6, 6.07) is 19.9.